The number of hydrogen-bond donors (Lipinski definition) is 1. The number of nitrogens with one attached hydrogen (secondary N) is 1. The van der Waals surface area contributed by atoms with Gasteiger partial charge in [-0.15, -0.1) is 0 Å². The predicted octanol–water partition coefficient (Wildman–Crippen LogP) is 4.49. The molecule has 1 N–H and O–H groups in total. The molecule has 1 fully saturated rings. The molecule has 8 heteroatoms. The molecule has 0 aliphatic carbocycles. The minimum absolute atomic E-state index is 0.0835. The van der Waals surface area contributed by atoms with E-state index in [-0.39, 0.29) is 12.0 Å². The Hall–Kier alpha value is -3.03. The van der Waals surface area contributed by atoms with Crippen molar-refractivity contribution in [1.82, 2.24) is 19.6 Å². The summed E-state index contributed by atoms with van der Waals surface area (Å²) in [6.45, 7) is 12.8. The van der Waals surface area contributed by atoms with Crippen molar-refractivity contribution in [1.29, 1.82) is 0 Å². The van der Waals surface area contributed by atoms with E-state index in [1.807, 2.05) is 42.7 Å². The summed E-state index contributed by atoms with van der Waals surface area (Å²) in [5.74, 6) is 1.20. The van der Waals surface area contributed by atoms with E-state index in [1.165, 1.54) is 11.3 Å². The Balaban J connectivity index is 1.54. The normalized spacial score (nSPS) is 18.4. The van der Waals surface area contributed by atoms with Crippen LogP contribution in [0.4, 0.5) is 16.3 Å². The first-order chi connectivity index (χ1) is 16.1. The van der Waals surface area contributed by atoms with E-state index in [0.29, 0.717) is 25.6 Å². The number of fused-ring (bicyclic) bond motifs is 1. The molecule has 2 aliphatic rings. The zero-order valence-corrected chi connectivity index (χ0v) is 21.1. The van der Waals surface area contributed by atoms with Crippen LogP contribution in [0.5, 0.6) is 0 Å². The maximum atomic E-state index is 12.6. The molecule has 4 rings (SSSR count). The summed E-state index contributed by atoms with van der Waals surface area (Å²) in [4.78, 5) is 28.4. The van der Waals surface area contributed by atoms with Gasteiger partial charge in [0, 0.05) is 56.5 Å². The number of aromatic nitrogens is 2. The SMILES string of the molecule is CC(=O)N1CCc2c(c(Nc3cccc(C)c3)nn2CC2CCCN(C(=O)OC(C)(C)C)C2)C1. The molecule has 0 radical (unpaired) electrons. The zero-order valence-electron chi connectivity index (χ0n) is 21.1. The number of aryl methyl sites for hydroxylation is 1. The number of anilines is 2. The van der Waals surface area contributed by atoms with Gasteiger partial charge in [0.25, 0.3) is 0 Å². The van der Waals surface area contributed by atoms with Gasteiger partial charge in [-0.2, -0.15) is 5.10 Å². The number of hydrogen-bond acceptors (Lipinski definition) is 5. The molecule has 1 saturated heterocycles. The fourth-order valence-electron chi connectivity index (χ4n) is 4.82. The average Bonchev–Trinajstić information content (AvgIpc) is 3.09. The molecule has 3 heterocycles. The van der Waals surface area contributed by atoms with Crippen LogP contribution in [0.3, 0.4) is 0 Å². The minimum atomic E-state index is -0.496. The summed E-state index contributed by atoms with van der Waals surface area (Å²) in [6, 6.07) is 8.22. The third-order valence-electron chi connectivity index (χ3n) is 6.46. The van der Waals surface area contributed by atoms with Crippen LogP contribution in [0.15, 0.2) is 24.3 Å². The number of carbonyl (C=O) groups is 2. The summed E-state index contributed by atoms with van der Waals surface area (Å²) in [5.41, 5.74) is 3.93. The van der Waals surface area contributed by atoms with Crippen LogP contribution in [0.25, 0.3) is 0 Å². The van der Waals surface area contributed by atoms with Crippen LogP contribution < -0.4 is 5.32 Å². The van der Waals surface area contributed by atoms with Crippen molar-refractivity contribution in [3.63, 3.8) is 0 Å². The Morgan fingerprint density at radius 3 is 2.71 bits per heavy atom. The van der Waals surface area contributed by atoms with Crippen LogP contribution in [0.2, 0.25) is 0 Å². The smallest absolute Gasteiger partial charge is 0.410 e. The lowest BCUT2D eigenvalue weighted by Gasteiger charge is -2.34. The molecule has 1 aromatic heterocycles. The van der Waals surface area contributed by atoms with Crippen LogP contribution >= 0.6 is 0 Å². The third kappa shape index (κ3) is 5.72. The number of amides is 2. The molecule has 1 atom stereocenters. The number of ether oxygens (including phenoxy) is 1. The van der Waals surface area contributed by atoms with E-state index in [4.69, 9.17) is 9.84 Å². The fraction of sp³-hybridized carbons (Fsp3) is 0.577. The predicted molar refractivity (Wildman–Crippen MR) is 132 cm³/mol. The second kappa shape index (κ2) is 9.68. The van der Waals surface area contributed by atoms with E-state index < -0.39 is 5.60 Å². The van der Waals surface area contributed by atoms with Crippen LogP contribution in [-0.2, 0) is 29.0 Å². The average molecular weight is 468 g/mol. The van der Waals surface area contributed by atoms with Crippen molar-refractivity contribution in [2.45, 2.75) is 72.6 Å². The van der Waals surface area contributed by atoms with Gasteiger partial charge in [0.2, 0.25) is 5.91 Å². The van der Waals surface area contributed by atoms with Gasteiger partial charge in [0.05, 0.1) is 6.54 Å². The van der Waals surface area contributed by atoms with Gasteiger partial charge in [-0.05, 0) is 64.2 Å². The Bertz CT molecular complexity index is 1060. The van der Waals surface area contributed by atoms with E-state index in [9.17, 15) is 9.59 Å². The highest BCUT2D eigenvalue weighted by atomic mass is 16.6. The van der Waals surface area contributed by atoms with Gasteiger partial charge in [-0.25, -0.2) is 4.79 Å². The summed E-state index contributed by atoms with van der Waals surface area (Å²) < 4.78 is 7.70. The van der Waals surface area contributed by atoms with E-state index >= 15 is 0 Å². The lowest BCUT2D eigenvalue weighted by atomic mass is 9.98. The Kier molecular flexibility index (Phi) is 6.86. The largest absolute Gasteiger partial charge is 0.444 e. The first-order valence-electron chi connectivity index (χ1n) is 12.2. The summed E-state index contributed by atoms with van der Waals surface area (Å²) in [5, 5.41) is 8.46. The number of rotatable bonds is 4. The van der Waals surface area contributed by atoms with Crippen LogP contribution in [-0.4, -0.2) is 56.8 Å². The Morgan fingerprint density at radius 2 is 2.00 bits per heavy atom. The molecule has 2 aromatic rings. The summed E-state index contributed by atoms with van der Waals surface area (Å²) >= 11 is 0. The number of benzene rings is 1. The van der Waals surface area contributed by atoms with E-state index in [1.54, 1.807) is 6.92 Å². The molecule has 2 aliphatic heterocycles. The first kappa shape index (κ1) is 24.1. The van der Waals surface area contributed by atoms with Crippen LogP contribution in [0, 0.1) is 12.8 Å². The van der Waals surface area contributed by atoms with Gasteiger partial charge in [-0.1, -0.05) is 12.1 Å². The molecule has 1 unspecified atom stereocenters. The van der Waals surface area contributed by atoms with Crippen LogP contribution in [0.1, 0.15) is 57.4 Å². The van der Waals surface area contributed by atoms with Gasteiger partial charge in [0.1, 0.15) is 5.60 Å². The number of likely N-dealkylation sites (tertiary alicyclic amines) is 1. The van der Waals surface area contributed by atoms with Crippen molar-refractivity contribution in [2.75, 3.05) is 25.0 Å². The molecule has 2 amide bonds. The van der Waals surface area contributed by atoms with Gasteiger partial charge < -0.3 is 19.9 Å². The second-order valence-electron chi connectivity index (χ2n) is 10.6. The molecule has 0 bridgehead atoms. The highest BCUT2D eigenvalue weighted by Crippen LogP contribution is 2.30. The van der Waals surface area contributed by atoms with Crippen molar-refractivity contribution >= 4 is 23.5 Å². The topological polar surface area (TPSA) is 79.7 Å². The minimum Gasteiger partial charge on any atom is -0.444 e. The molecule has 184 valence electrons. The monoisotopic (exact) mass is 467 g/mol. The van der Waals surface area contributed by atoms with E-state index in [2.05, 4.69) is 29.1 Å². The maximum absolute atomic E-state index is 12.6. The highest BCUT2D eigenvalue weighted by Gasteiger charge is 2.31. The molecule has 34 heavy (non-hydrogen) atoms. The number of nitrogens with zero attached hydrogens (tertiary/aromatic N) is 4. The Morgan fingerprint density at radius 1 is 1.21 bits per heavy atom. The van der Waals surface area contributed by atoms with Crippen molar-refractivity contribution in [2.24, 2.45) is 5.92 Å². The first-order valence-corrected chi connectivity index (χ1v) is 12.2. The summed E-state index contributed by atoms with van der Waals surface area (Å²) in [7, 11) is 0. The lowest BCUT2D eigenvalue weighted by Crippen LogP contribution is -2.44. The highest BCUT2D eigenvalue weighted by molar-refractivity contribution is 5.74. The number of carbonyl (C=O) groups excluding carboxylic acids is 2. The summed E-state index contributed by atoms with van der Waals surface area (Å²) in [6.07, 6.45) is 2.55. The van der Waals surface area contributed by atoms with E-state index in [0.717, 1.165) is 49.4 Å². The molecular formula is C26H37N5O3. The lowest BCUT2D eigenvalue weighted by molar-refractivity contribution is -0.129. The molecule has 8 nitrogen and oxygen atoms in total. The van der Waals surface area contributed by atoms with Gasteiger partial charge in [-0.3, -0.25) is 9.48 Å². The molecular weight excluding hydrogens is 430 g/mol. The molecule has 0 spiro atoms. The number of piperidine rings is 1. The van der Waals surface area contributed by atoms with Crippen molar-refractivity contribution < 1.29 is 14.3 Å². The van der Waals surface area contributed by atoms with Crippen molar-refractivity contribution in [3.8, 4) is 0 Å². The molecule has 1 aromatic carbocycles. The van der Waals surface area contributed by atoms with Gasteiger partial charge in [0.15, 0.2) is 5.82 Å². The second-order valence-corrected chi connectivity index (χ2v) is 10.6. The third-order valence-corrected chi connectivity index (χ3v) is 6.46. The van der Waals surface area contributed by atoms with Crippen molar-refractivity contribution in [3.05, 3.63) is 41.1 Å². The quantitative estimate of drug-likeness (QED) is 0.717. The maximum Gasteiger partial charge on any atom is 0.410 e. The zero-order chi connectivity index (χ0) is 24.5. The fourth-order valence-corrected chi connectivity index (χ4v) is 4.82. The standard InChI is InChI=1S/C26H37N5O3/c1-18-8-6-10-21(14-18)27-24-22-17-29(19(2)32)13-11-23(22)31(28-24)16-20-9-7-12-30(15-20)25(33)34-26(3,4)5/h6,8,10,14,20H,7,9,11-13,15-17H2,1-5H3,(H,27,28). The Labute approximate surface area is 202 Å². The molecule has 0 saturated carbocycles. The van der Waals surface area contributed by atoms with Gasteiger partial charge >= 0.3 is 6.09 Å².